The summed E-state index contributed by atoms with van der Waals surface area (Å²) in [6.45, 7) is 8.48. The van der Waals surface area contributed by atoms with E-state index in [0.717, 1.165) is 17.0 Å². The minimum atomic E-state index is -1.68. The zero-order valence-electron chi connectivity index (χ0n) is 12.2. The second-order valence-corrected chi connectivity index (χ2v) is 9.87. The molecule has 0 atom stereocenters. The lowest BCUT2D eigenvalue weighted by molar-refractivity contribution is 0.558. The van der Waals surface area contributed by atoms with Crippen LogP contribution in [0.1, 0.15) is 11.4 Å². The predicted molar refractivity (Wildman–Crippen MR) is 82.2 cm³/mol. The number of aromatic nitrogens is 3. The standard InChI is InChI=1S/C14H18N4OSi/c1-11-5-6-12(13(7-11)19-20(2,3)4)16-8-14-17-9-15-10-18-14/h5-10H,1-4H3/b16-8+. The van der Waals surface area contributed by atoms with Crippen LogP contribution in [0.2, 0.25) is 19.6 Å². The first-order chi connectivity index (χ1) is 9.44. The molecule has 0 saturated heterocycles. The second-order valence-electron chi connectivity index (χ2n) is 5.44. The molecule has 20 heavy (non-hydrogen) atoms. The third kappa shape index (κ3) is 4.24. The molecule has 104 valence electrons. The number of rotatable bonds is 4. The molecular weight excluding hydrogens is 268 g/mol. The van der Waals surface area contributed by atoms with Gasteiger partial charge in [0.15, 0.2) is 5.82 Å². The summed E-state index contributed by atoms with van der Waals surface area (Å²) in [5.74, 6) is 1.34. The van der Waals surface area contributed by atoms with Crippen LogP contribution in [0.15, 0.2) is 35.8 Å². The Morgan fingerprint density at radius 2 is 1.85 bits per heavy atom. The molecule has 0 bridgehead atoms. The fraction of sp³-hybridized carbons (Fsp3) is 0.286. The maximum Gasteiger partial charge on any atom is 0.242 e. The number of hydrogen-bond donors (Lipinski definition) is 0. The SMILES string of the molecule is Cc1ccc(/N=C/c2ncncn2)c(O[Si](C)(C)C)c1. The van der Waals surface area contributed by atoms with Gasteiger partial charge in [0.25, 0.3) is 0 Å². The number of benzene rings is 1. The third-order valence-electron chi connectivity index (χ3n) is 2.36. The normalized spacial score (nSPS) is 11.8. The topological polar surface area (TPSA) is 60.3 Å². The van der Waals surface area contributed by atoms with E-state index in [1.807, 2.05) is 25.1 Å². The van der Waals surface area contributed by atoms with Crippen molar-refractivity contribution in [1.82, 2.24) is 15.0 Å². The molecule has 0 aliphatic rings. The Morgan fingerprint density at radius 3 is 2.50 bits per heavy atom. The Hall–Kier alpha value is -2.08. The maximum atomic E-state index is 6.07. The first-order valence-electron chi connectivity index (χ1n) is 6.40. The number of aliphatic imine (C=N–C) groups is 1. The summed E-state index contributed by atoms with van der Waals surface area (Å²) in [7, 11) is -1.68. The van der Waals surface area contributed by atoms with Gasteiger partial charge in [0.2, 0.25) is 8.32 Å². The Morgan fingerprint density at radius 1 is 1.15 bits per heavy atom. The van der Waals surface area contributed by atoms with Gasteiger partial charge in [-0.1, -0.05) is 6.07 Å². The minimum Gasteiger partial charge on any atom is -0.543 e. The van der Waals surface area contributed by atoms with Gasteiger partial charge in [0, 0.05) is 0 Å². The van der Waals surface area contributed by atoms with Crippen molar-refractivity contribution in [2.24, 2.45) is 4.99 Å². The minimum absolute atomic E-state index is 0.527. The summed E-state index contributed by atoms with van der Waals surface area (Å²) in [4.78, 5) is 16.2. The highest BCUT2D eigenvalue weighted by molar-refractivity contribution is 6.70. The fourth-order valence-electron chi connectivity index (χ4n) is 1.58. The Balaban J connectivity index is 2.29. The van der Waals surface area contributed by atoms with E-state index >= 15 is 0 Å². The summed E-state index contributed by atoms with van der Waals surface area (Å²) in [5.41, 5.74) is 1.94. The molecule has 0 aliphatic carbocycles. The van der Waals surface area contributed by atoms with Gasteiger partial charge in [-0.2, -0.15) is 0 Å². The zero-order valence-corrected chi connectivity index (χ0v) is 13.2. The van der Waals surface area contributed by atoms with Crippen LogP contribution in [0.4, 0.5) is 5.69 Å². The number of aryl methyl sites for hydroxylation is 1. The predicted octanol–water partition coefficient (Wildman–Crippen LogP) is 3.14. The van der Waals surface area contributed by atoms with Crippen molar-refractivity contribution in [2.75, 3.05) is 0 Å². The van der Waals surface area contributed by atoms with Crippen LogP contribution < -0.4 is 4.43 Å². The van der Waals surface area contributed by atoms with Crippen LogP contribution in [0, 0.1) is 6.92 Å². The molecule has 0 aliphatic heterocycles. The quantitative estimate of drug-likeness (QED) is 0.640. The molecule has 0 N–H and O–H groups in total. The highest BCUT2D eigenvalue weighted by Gasteiger charge is 2.18. The largest absolute Gasteiger partial charge is 0.543 e. The second kappa shape index (κ2) is 5.92. The lowest BCUT2D eigenvalue weighted by Crippen LogP contribution is -2.29. The summed E-state index contributed by atoms with van der Waals surface area (Å²) in [6, 6.07) is 5.97. The van der Waals surface area contributed by atoms with E-state index in [4.69, 9.17) is 4.43 Å². The molecule has 2 rings (SSSR count). The van der Waals surface area contributed by atoms with Crippen LogP contribution in [0.3, 0.4) is 0 Å². The van der Waals surface area contributed by atoms with Crippen molar-refractivity contribution in [1.29, 1.82) is 0 Å². The lowest BCUT2D eigenvalue weighted by Gasteiger charge is -2.20. The maximum absolute atomic E-state index is 6.07. The summed E-state index contributed by atoms with van der Waals surface area (Å²) < 4.78 is 6.07. The Bertz CT molecular complexity index is 608. The summed E-state index contributed by atoms with van der Waals surface area (Å²) in [5, 5.41) is 0. The van der Waals surface area contributed by atoms with E-state index in [2.05, 4.69) is 39.6 Å². The zero-order chi connectivity index (χ0) is 14.6. The van der Waals surface area contributed by atoms with Crippen molar-refractivity contribution in [3.05, 3.63) is 42.2 Å². The molecule has 0 amide bonds. The Labute approximate surface area is 119 Å². The molecule has 1 heterocycles. The lowest BCUT2D eigenvalue weighted by atomic mass is 10.2. The van der Waals surface area contributed by atoms with Crippen molar-refractivity contribution in [3.63, 3.8) is 0 Å². The van der Waals surface area contributed by atoms with Gasteiger partial charge in [-0.05, 0) is 44.3 Å². The molecule has 0 saturated carbocycles. The van der Waals surface area contributed by atoms with E-state index in [-0.39, 0.29) is 0 Å². The molecule has 0 unspecified atom stereocenters. The monoisotopic (exact) mass is 286 g/mol. The van der Waals surface area contributed by atoms with Crippen molar-refractivity contribution >= 4 is 20.2 Å². The van der Waals surface area contributed by atoms with Crippen LogP contribution in [0.5, 0.6) is 5.75 Å². The molecule has 6 heteroatoms. The van der Waals surface area contributed by atoms with Gasteiger partial charge in [-0.15, -0.1) is 0 Å². The van der Waals surface area contributed by atoms with Gasteiger partial charge in [-0.25, -0.2) is 19.9 Å². The molecule has 5 nitrogen and oxygen atoms in total. The fourth-order valence-corrected chi connectivity index (χ4v) is 2.40. The molecule has 0 radical (unpaired) electrons. The number of hydrogen-bond acceptors (Lipinski definition) is 5. The van der Waals surface area contributed by atoms with E-state index in [1.54, 1.807) is 6.21 Å². The molecular formula is C14H18N4OSi. The average molecular weight is 286 g/mol. The smallest absolute Gasteiger partial charge is 0.242 e. The van der Waals surface area contributed by atoms with Gasteiger partial charge >= 0.3 is 0 Å². The van der Waals surface area contributed by atoms with Gasteiger partial charge in [0.05, 0.1) is 6.21 Å². The van der Waals surface area contributed by atoms with Gasteiger partial charge < -0.3 is 4.43 Å². The van der Waals surface area contributed by atoms with Crippen LogP contribution in [-0.4, -0.2) is 29.5 Å². The van der Waals surface area contributed by atoms with Gasteiger partial charge in [0.1, 0.15) is 24.1 Å². The van der Waals surface area contributed by atoms with E-state index < -0.39 is 8.32 Å². The molecule has 1 aromatic carbocycles. The molecule has 2 aromatic rings. The van der Waals surface area contributed by atoms with Crippen molar-refractivity contribution in [3.8, 4) is 5.75 Å². The average Bonchev–Trinajstić information content (AvgIpc) is 2.37. The van der Waals surface area contributed by atoms with Gasteiger partial charge in [-0.3, -0.25) is 0 Å². The molecule has 1 aromatic heterocycles. The third-order valence-corrected chi connectivity index (χ3v) is 3.20. The first-order valence-corrected chi connectivity index (χ1v) is 9.81. The highest BCUT2D eigenvalue weighted by Crippen LogP contribution is 2.30. The summed E-state index contributed by atoms with van der Waals surface area (Å²) in [6.07, 6.45) is 4.51. The van der Waals surface area contributed by atoms with Crippen molar-refractivity contribution < 1.29 is 4.43 Å². The van der Waals surface area contributed by atoms with E-state index in [9.17, 15) is 0 Å². The summed E-state index contributed by atoms with van der Waals surface area (Å²) >= 11 is 0. The van der Waals surface area contributed by atoms with E-state index in [0.29, 0.717) is 5.82 Å². The van der Waals surface area contributed by atoms with Crippen LogP contribution in [-0.2, 0) is 0 Å². The Kier molecular flexibility index (Phi) is 4.24. The van der Waals surface area contributed by atoms with Crippen LogP contribution >= 0.6 is 0 Å². The van der Waals surface area contributed by atoms with E-state index in [1.165, 1.54) is 12.7 Å². The molecule has 0 fully saturated rings. The molecule has 0 spiro atoms. The first kappa shape index (κ1) is 14.3. The number of nitrogens with zero attached hydrogens (tertiary/aromatic N) is 4. The highest BCUT2D eigenvalue weighted by atomic mass is 28.4. The van der Waals surface area contributed by atoms with Crippen molar-refractivity contribution in [2.45, 2.75) is 26.6 Å². The van der Waals surface area contributed by atoms with Crippen LogP contribution in [0.25, 0.3) is 0 Å².